The van der Waals surface area contributed by atoms with Crippen LogP contribution in [0.2, 0.25) is 0 Å². The number of nitrogens with one attached hydrogen (secondary N) is 1. The number of rotatable bonds is 4. The molecule has 0 radical (unpaired) electrons. The second-order valence-corrected chi connectivity index (χ2v) is 5.54. The number of carboxylic acid groups (broad SMARTS) is 1. The highest BCUT2D eigenvalue weighted by Gasteiger charge is 2.13. The van der Waals surface area contributed by atoms with Gasteiger partial charge in [0.25, 0.3) is 5.91 Å². The molecular weight excluding hydrogens is 334 g/mol. The summed E-state index contributed by atoms with van der Waals surface area (Å²) in [5, 5.41) is 19.9. The van der Waals surface area contributed by atoms with Crippen molar-refractivity contribution in [2.45, 2.75) is 0 Å². The summed E-state index contributed by atoms with van der Waals surface area (Å²) < 4.78 is 3.07. The Labute approximate surface area is 147 Å². The van der Waals surface area contributed by atoms with Gasteiger partial charge in [-0.15, -0.1) is 0 Å². The SMILES string of the molecule is O=C(O)c1ccn(-c2cccc(NC(=O)c3cnn4ccccc34)c2)n1. The number of hydrogen-bond acceptors (Lipinski definition) is 4. The predicted molar refractivity (Wildman–Crippen MR) is 93.7 cm³/mol. The van der Waals surface area contributed by atoms with E-state index in [0.29, 0.717) is 22.5 Å². The van der Waals surface area contributed by atoms with Crippen LogP contribution < -0.4 is 5.32 Å². The second-order valence-electron chi connectivity index (χ2n) is 5.54. The Morgan fingerprint density at radius 3 is 2.73 bits per heavy atom. The summed E-state index contributed by atoms with van der Waals surface area (Å²) in [7, 11) is 0. The summed E-state index contributed by atoms with van der Waals surface area (Å²) >= 11 is 0. The van der Waals surface area contributed by atoms with Gasteiger partial charge >= 0.3 is 5.97 Å². The lowest BCUT2D eigenvalue weighted by atomic mass is 10.2. The quantitative estimate of drug-likeness (QED) is 0.590. The Morgan fingerprint density at radius 1 is 1.04 bits per heavy atom. The van der Waals surface area contributed by atoms with Crippen LogP contribution in [0, 0.1) is 0 Å². The fourth-order valence-corrected chi connectivity index (χ4v) is 2.62. The van der Waals surface area contributed by atoms with E-state index in [1.807, 2.05) is 18.2 Å². The number of nitrogens with zero attached hydrogens (tertiary/aromatic N) is 4. The van der Waals surface area contributed by atoms with E-state index in [0.717, 1.165) is 0 Å². The maximum atomic E-state index is 12.6. The lowest BCUT2D eigenvalue weighted by molar-refractivity contribution is 0.0689. The second kappa shape index (κ2) is 6.17. The largest absolute Gasteiger partial charge is 0.476 e. The highest BCUT2D eigenvalue weighted by molar-refractivity contribution is 6.08. The van der Waals surface area contributed by atoms with Crippen molar-refractivity contribution in [3.8, 4) is 5.69 Å². The summed E-state index contributed by atoms with van der Waals surface area (Å²) in [6.07, 6.45) is 4.83. The molecule has 128 valence electrons. The molecule has 1 aromatic carbocycles. The van der Waals surface area contributed by atoms with Crippen LogP contribution in [0.4, 0.5) is 5.69 Å². The Hall–Kier alpha value is -3.94. The van der Waals surface area contributed by atoms with Gasteiger partial charge in [0.1, 0.15) is 0 Å². The van der Waals surface area contributed by atoms with E-state index in [9.17, 15) is 9.59 Å². The number of pyridine rings is 1. The summed E-state index contributed by atoms with van der Waals surface area (Å²) in [4.78, 5) is 23.5. The van der Waals surface area contributed by atoms with Gasteiger partial charge in [-0.3, -0.25) is 4.79 Å². The molecule has 0 saturated heterocycles. The van der Waals surface area contributed by atoms with E-state index in [2.05, 4.69) is 15.5 Å². The van der Waals surface area contributed by atoms with E-state index >= 15 is 0 Å². The number of carboxylic acids is 1. The fourth-order valence-electron chi connectivity index (χ4n) is 2.62. The summed E-state index contributed by atoms with van der Waals surface area (Å²) in [5.41, 5.74) is 2.32. The lowest BCUT2D eigenvalue weighted by Crippen LogP contribution is -2.12. The van der Waals surface area contributed by atoms with E-state index in [-0.39, 0.29) is 11.6 Å². The van der Waals surface area contributed by atoms with Crippen LogP contribution in [0.5, 0.6) is 0 Å². The first-order valence-electron chi connectivity index (χ1n) is 7.75. The summed E-state index contributed by atoms with van der Waals surface area (Å²) in [6, 6.07) is 13.9. The van der Waals surface area contributed by atoms with Crippen LogP contribution in [0.3, 0.4) is 0 Å². The highest BCUT2D eigenvalue weighted by Crippen LogP contribution is 2.17. The minimum absolute atomic E-state index is 0.0502. The number of benzene rings is 1. The number of carbonyl (C=O) groups is 2. The highest BCUT2D eigenvalue weighted by atomic mass is 16.4. The van der Waals surface area contributed by atoms with Crippen molar-refractivity contribution in [2.75, 3.05) is 5.32 Å². The standard InChI is InChI=1S/C18H13N5O3/c24-17(14-11-19-23-8-2-1-6-16(14)23)20-12-4-3-5-13(10-12)22-9-7-15(21-22)18(25)26/h1-11H,(H,20,24)(H,25,26). The first-order valence-corrected chi connectivity index (χ1v) is 7.75. The molecule has 8 nitrogen and oxygen atoms in total. The molecule has 0 atom stereocenters. The average molecular weight is 347 g/mol. The molecule has 8 heteroatoms. The van der Waals surface area contributed by atoms with Crippen LogP contribution in [0.15, 0.2) is 67.1 Å². The Morgan fingerprint density at radius 2 is 1.92 bits per heavy atom. The maximum absolute atomic E-state index is 12.6. The Bertz CT molecular complexity index is 1130. The van der Waals surface area contributed by atoms with Crippen molar-refractivity contribution in [1.29, 1.82) is 0 Å². The zero-order chi connectivity index (χ0) is 18.1. The van der Waals surface area contributed by atoms with Gasteiger partial charge in [-0.1, -0.05) is 12.1 Å². The van der Waals surface area contributed by atoms with Crippen LogP contribution in [0.1, 0.15) is 20.8 Å². The lowest BCUT2D eigenvalue weighted by Gasteiger charge is -2.07. The fraction of sp³-hybridized carbons (Fsp3) is 0. The zero-order valence-electron chi connectivity index (χ0n) is 13.4. The van der Waals surface area contributed by atoms with Gasteiger partial charge in [-0.25, -0.2) is 14.0 Å². The zero-order valence-corrected chi connectivity index (χ0v) is 13.4. The minimum Gasteiger partial charge on any atom is -0.476 e. The third kappa shape index (κ3) is 2.80. The van der Waals surface area contributed by atoms with Crippen LogP contribution in [-0.2, 0) is 0 Å². The van der Waals surface area contributed by atoms with Crippen molar-refractivity contribution < 1.29 is 14.7 Å². The molecule has 1 amide bonds. The summed E-state index contributed by atoms with van der Waals surface area (Å²) in [6.45, 7) is 0. The predicted octanol–water partition coefficient (Wildman–Crippen LogP) is 2.47. The smallest absolute Gasteiger partial charge is 0.356 e. The van der Waals surface area contributed by atoms with E-state index < -0.39 is 5.97 Å². The number of aromatic carboxylic acids is 1. The Balaban J connectivity index is 1.60. The number of anilines is 1. The third-order valence-electron chi connectivity index (χ3n) is 3.85. The molecule has 4 rings (SSSR count). The van der Waals surface area contributed by atoms with Gasteiger partial charge in [-0.2, -0.15) is 10.2 Å². The molecule has 4 aromatic rings. The van der Waals surface area contributed by atoms with Gasteiger partial charge < -0.3 is 10.4 Å². The molecule has 0 bridgehead atoms. The van der Waals surface area contributed by atoms with E-state index in [1.54, 1.807) is 41.2 Å². The van der Waals surface area contributed by atoms with Gasteiger partial charge in [-0.05, 0) is 36.4 Å². The van der Waals surface area contributed by atoms with Gasteiger partial charge in [0.15, 0.2) is 5.69 Å². The van der Waals surface area contributed by atoms with Gasteiger partial charge in [0.05, 0.1) is 23.0 Å². The molecule has 2 N–H and O–H groups in total. The molecule has 0 saturated carbocycles. The van der Waals surface area contributed by atoms with Crippen LogP contribution in [0.25, 0.3) is 11.2 Å². The molecule has 0 aliphatic carbocycles. The molecule has 0 spiro atoms. The average Bonchev–Trinajstić information content (AvgIpc) is 3.29. The minimum atomic E-state index is -1.10. The first-order chi connectivity index (χ1) is 12.6. The van der Waals surface area contributed by atoms with Crippen molar-refractivity contribution in [2.24, 2.45) is 0 Å². The number of aromatic nitrogens is 4. The number of hydrogen-bond donors (Lipinski definition) is 2. The van der Waals surface area contributed by atoms with Crippen molar-refractivity contribution in [3.63, 3.8) is 0 Å². The van der Waals surface area contributed by atoms with E-state index in [1.165, 1.54) is 16.9 Å². The van der Waals surface area contributed by atoms with Gasteiger partial charge in [0, 0.05) is 18.1 Å². The van der Waals surface area contributed by atoms with Crippen molar-refractivity contribution >= 4 is 23.1 Å². The monoisotopic (exact) mass is 347 g/mol. The third-order valence-corrected chi connectivity index (χ3v) is 3.85. The maximum Gasteiger partial charge on any atom is 0.356 e. The first kappa shape index (κ1) is 15.6. The van der Waals surface area contributed by atoms with Crippen molar-refractivity contribution in [1.82, 2.24) is 19.4 Å². The number of carbonyl (C=O) groups excluding carboxylic acids is 1. The molecule has 0 aliphatic heterocycles. The van der Waals surface area contributed by atoms with Crippen LogP contribution in [-0.4, -0.2) is 36.4 Å². The Kier molecular flexibility index (Phi) is 3.70. The van der Waals surface area contributed by atoms with E-state index in [4.69, 9.17) is 5.11 Å². The topological polar surface area (TPSA) is 102 Å². The molecule has 0 unspecified atom stereocenters. The molecular formula is C18H13N5O3. The summed E-state index contributed by atoms with van der Waals surface area (Å²) in [5.74, 6) is -1.38. The molecule has 0 fully saturated rings. The number of amides is 1. The van der Waals surface area contributed by atoms with Crippen LogP contribution >= 0.6 is 0 Å². The molecule has 3 heterocycles. The van der Waals surface area contributed by atoms with Gasteiger partial charge in [0.2, 0.25) is 0 Å². The molecule has 3 aromatic heterocycles. The number of fused-ring (bicyclic) bond motifs is 1. The molecule has 26 heavy (non-hydrogen) atoms. The molecule has 0 aliphatic rings. The van der Waals surface area contributed by atoms with Crippen molar-refractivity contribution in [3.05, 3.63) is 78.4 Å². The normalized spacial score (nSPS) is 10.8.